The van der Waals surface area contributed by atoms with Gasteiger partial charge >= 0.3 is 0 Å². The Morgan fingerprint density at radius 3 is 2.50 bits per heavy atom. The quantitative estimate of drug-likeness (QED) is 0.259. The number of carbonyl (C=O) groups excluding carboxylic acids is 1. The molecule has 0 bridgehead atoms. The second kappa shape index (κ2) is 14.7. The molecule has 2 heterocycles. The van der Waals surface area contributed by atoms with Crippen LogP contribution in [0, 0.1) is 5.92 Å². The lowest BCUT2D eigenvalue weighted by Crippen LogP contribution is -2.36. The fraction of sp³-hybridized carbons (Fsp3) is 0.357. The van der Waals surface area contributed by atoms with Crippen molar-refractivity contribution in [3.63, 3.8) is 0 Å². The summed E-state index contributed by atoms with van der Waals surface area (Å²) in [5.74, 6) is 1.39. The molecule has 2 aliphatic rings. The first-order valence-electron chi connectivity index (χ1n) is 12.2. The van der Waals surface area contributed by atoms with Crippen molar-refractivity contribution in [2.75, 3.05) is 20.1 Å². The summed E-state index contributed by atoms with van der Waals surface area (Å²) < 4.78 is 15.3. The number of aldehydes is 1. The minimum absolute atomic E-state index is 0.0929. The van der Waals surface area contributed by atoms with Crippen LogP contribution in [0.1, 0.15) is 36.5 Å². The van der Waals surface area contributed by atoms with Crippen molar-refractivity contribution in [3.8, 4) is 16.9 Å². The molecule has 0 saturated heterocycles. The molecule has 1 saturated carbocycles. The number of nitrogens with zero attached hydrogens (tertiary/aromatic N) is 1. The van der Waals surface area contributed by atoms with Gasteiger partial charge in [0.1, 0.15) is 18.1 Å². The summed E-state index contributed by atoms with van der Waals surface area (Å²) in [4.78, 5) is 14.4. The zero-order valence-electron chi connectivity index (χ0n) is 20.5. The molecule has 1 aliphatic carbocycles. The number of pyridine rings is 1. The summed E-state index contributed by atoms with van der Waals surface area (Å²) in [6.07, 6.45) is 8.12. The van der Waals surface area contributed by atoms with Crippen LogP contribution in [0.4, 0.5) is 0 Å². The van der Waals surface area contributed by atoms with Gasteiger partial charge in [0, 0.05) is 53.9 Å². The maximum Gasteiger partial charge on any atom is 0.123 e. The molecule has 1 fully saturated rings. The highest BCUT2D eigenvalue weighted by Crippen LogP contribution is 2.32. The van der Waals surface area contributed by atoms with Gasteiger partial charge in [-0.25, -0.2) is 0 Å². The molecule has 0 spiro atoms. The molecule has 8 heteroatoms. The molecule has 36 heavy (non-hydrogen) atoms. The number of benzene rings is 2. The van der Waals surface area contributed by atoms with Crippen LogP contribution in [-0.4, -0.2) is 47.2 Å². The number of carbonyl (C=O) groups is 1. The molecule has 2 aromatic carbocycles. The first-order chi connectivity index (χ1) is 17.7. The lowest BCUT2D eigenvalue weighted by Gasteiger charge is -2.27. The van der Waals surface area contributed by atoms with E-state index in [4.69, 9.17) is 9.29 Å². The van der Waals surface area contributed by atoms with Crippen LogP contribution >= 0.6 is 12.0 Å². The lowest BCUT2D eigenvalue weighted by molar-refractivity contribution is -0.108. The number of aromatic nitrogens is 1. The Hall–Kier alpha value is -2.75. The molecule has 5 N–H and O–H groups in total. The number of ether oxygens (including phenoxy) is 1. The van der Waals surface area contributed by atoms with Gasteiger partial charge in [0.05, 0.1) is 6.10 Å². The van der Waals surface area contributed by atoms with Crippen LogP contribution < -0.4 is 15.8 Å². The smallest absolute Gasteiger partial charge is 0.123 e. The van der Waals surface area contributed by atoms with Crippen LogP contribution in [0.3, 0.4) is 0 Å². The normalized spacial score (nSPS) is 16.7. The van der Waals surface area contributed by atoms with Crippen molar-refractivity contribution in [2.24, 2.45) is 11.7 Å². The monoisotopic (exact) mass is 509 g/mol. The Labute approximate surface area is 217 Å². The van der Waals surface area contributed by atoms with Crippen LogP contribution in [0.15, 0.2) is 71.9 Å². The van der Waals surface area contributed by atoms with E-state index < -0.39 is 6.10 Å². The van der Waals surface area contributed by atoms with E-state index in [2.05, 4.69) is 28.2 Å². The largest absolute Gasteiger partial charge is 0.489 e. The predicted molar refractivity (Wildman–Crippen MR) is 144 cm³/mol. The molecule has 0 radical (unpaired) electrons. The zero-order chi connectivity index (χ0) is 25.8. The number of fused-ring (bicyclic) bond motifs is 1. The first kappa shape index (κ1) is 27.8. The van der Waals surface area contributed by atoms with E-state index in [1.165, 1.54) is 12.6 Å². The average Bonchev–Trinajstić information content (AvgIpc) is 3.80. The van der Waals surface area contributed by atoms with Crippen molar-refractivity contribution >= 4 is 18.3 Å². The van der Waals surface area contributed by atoms with Gasteiger partial charge in [-0.05, 0) is 79.8 Å². The predicted octanol–water partition coefficient (Wildman–Crippen LogP) is 4.50. The van der Waals surface area contributed by atoms with E-state index in [1.807, 2.05) is 42.5 Å². The molecule has 2 unspecified atom stereocenters. The maximum atomic E-state index is 10.2. The molecular weight excluding hydrogens is 474 g/mol. The Bertz CT molecular complexity index is 1060. The second-order valence-electron chi connectivity index (χ2n) is 8.65. The third-order valence-electron chi connectivity index (χ3n) is 5.98. The van der Waals surface area contributed by atoms with Crippen molar-refractivity contribution in [2.45, 2.75) is 42.8 Å². The molecular formula is C28H35N3O4S. The van der Waals surface area contributed by atoms with Crippen molar-refractivity contribution in [1.82, 2.24) is 10.3 Å². The van der Waals surface area contributed by atoms with Crippen molar-refractivity contribution in [1.29, 1.82) is 0 Å². The Balaban J connectivity index is 0.000000452. The Morgan fingerprint density at radius 1 is 1.14 bits per heavy atom. The molecule has 2 atom stereocenters. The molecule has 192 valence electrons. The number of rotatable bonds is 8. The third kappa shape index (κ3) is 8.43. The highest BCUT2D eigenvalue weighted by atomic mass is 32.2. The molecule has 3 aromatic rings. The number of hydrogen-bond acceptors (Lipinski definition) is 8. The van der Waals surface area contributed by atoms with Crippen molar-refractivity contribution < 1.29 is 19.2 Å². The average molecular weight is 510 g/mol. The van der Waals surface area contributed by atoms with Crippen molar-refractivity contribution in [3.05, 3.63) is 78.1 Å². The number of hydrogen-bond donors (Lipinski definition) is 4. The molecule has 7 nitrogen and oxygen atoms in total. The minimum atomic E-state index is -0.572. The third-order valence-corrected chi connectivity index (χ3v) is 6.46. The van der Waals surface area contributed by atoms with Gasteiger partial charge in [0.2, 0.25) is 0 Å². The first-order valence-corrected chi connectivity index (χ1v) is 13.0. The topological polar surface area (TPSA) is 118 Å². The summed E-state index contributed by atoms with van der Waals surface area (Å²) >= 11 is 0.758. The number of aliphatic hydroxyl groups excluding tert-OH is 1. The summed E-state index contributed by atoms with van der Waals surface area (Å²) in [5, 5.41) is 13.5. The lowest BCUT2D eigenvalue weighted by atomic mass is 9.97. The highest BCUT2D eigenvalue weighted by Gasteiger charge is 2.21. The van der Waals surface area contributed by atoms with E-state index in [9.17, 15) is 9.90 Å². The molecule has 0 amide bonds. The summed E-state index contributed by atoms with van der Waals surface area (Å²) in [6, 6.07) is 17.9. The van der Waals surface area contributed by atoms with Gasteiger partial charge in [0.25, 0.3) is 0 Å². The van der Waals surface area contributed by atoms with Gasteiger partial charge in [-0.3, -0.25) is 4.98 Å². The van der Waals surface area contributed by atoms with Gasteiger partial charge < -0.3 is 30.2 Å². The Kier molecular flexibility index (Phi) is 11.4. The minimum Gasteiger partial charge on any atom is -0.489 e. The molecule has 1 aliphatic heterocycles. The summed E-state index contributed by atoms with van der Waals surface area (Å²) in [6.45, 7) is 1.16. The molecule has 1 aromatic heterocycles. The van der Waals surface area contributed by atoms with Gasteiger partial charge in [0.15, 0.2) is 0 Å². The molecule has 5 rings (SSSR count). The van der Waals surface area contributed by atoms with E-state index in [0.717, 1.165) is 71.3 Å². The summed E-state index contributed by atoms with van der Waals surface area (Å²) in [7, 11) is 1.50. The van der Waals surface area contributed by atoms with Crippen LogP contribution in [0.2, 0.25) is 0 Å². The number of aliphatic hydroxyl groups is 1. The standard InChI is InChI=1S/C23H24N2O3S.C4H6O.CH5N/c26-22(19-2-1-11-24-13-19)15-25-14-20-7-3-18-12-17(6-10-23(18)28-20)16-4-8-21(29-27)9-5-16;5-3-4-1-2-4;1-2/h1-2,4-6,8-13,20,22,25-27H,3,7,14-15H2;3-4H,1-2H2;2H2,1H3. The van der Waals surface area contributed by atoms with E-state index in [1.54, 1.807) is 12.4 Å². The van der Waals surface area contributed by atoms with Crippen LogP contribution in [0.5, 0.6) is 5.75 Å². The van der Waals surface area contributed by atoms with E-state index in [-0.39, 0.29) is 6.10 Å². The Morgan fingerprint density at radius 2 is 1.89 bits per heavy atom. The van der Waals surface area contributed by atoms with Crippen LogP contribution in [-0.2, 0) is 11.2 Å². The highest BCUT2D eigenvalue weighted by molar-refractivity contribution is 7.93. The SMILES string of the molecule is CN.O=CC1CC1.OSc1ccc(-c2ccc3c(c2)CCC(CNCC(O)c2cccnc2)O3)cc1. The number of aryl methyl sites for hydroxylation is 1. The number of nitrogens with two attached hydrogens (primary N) is 1. The van der Waals surface area contributed by atoms with Gasteiger partial charge in [-0.1, -0.05) is 24.3 Å². The second-order valence-corrected chi connectivity index (χ2v) is 9.30. The fourth-order valence-corrected chi connectivity index (χ4v) is 4.04. The zero-order valence-corrected chi connectivity index (χ0v) is 21.4. The van der Waals surface area contributed by atoms with Crippen LogP contribution in [0.25, 0.3) is 11.1 Å². The maximum absolute atomic E-state index is 10.2. The van der Waals surface area contributed by atoms with E-state index >= 15 is 0 Å². The summed E-state index contributed by atoms with van der Waals surface area (Å²) in [5.41, 5.74) is 8.81. The van der Waals surface area contributed by atoms with Gasteiger partial charge in [-0.2, -0.15) is 0 Å². The number of nitrogens with one attached hydrogen (secondary N) is 1. The van der Waals surface area contributed by atoms with E-state index in [0.29, 0.717) is 19.0 Å². The fourth-order valence-electron chi connectivity index (χ4n) is 3.78. The van der Waals surface area contributed by atoms with Gasteiger partial charge in [-0.15, -0.1) is 0 Å².